The number of para-hydroxylation sites is 1. The van der Waals surface area contributed by atoms with Gasteiger partial charge in [0.15, 0.2) is 0 Å². The second-order valence-electron chi connectivity index (χ2n) is 6.50. The summed E-state index contributed by atoms with van der Waals surface area (Å²) in [5.74, 6) is 0.179. The second kappa shape index (κ2) is 8.31. The molecule has 0 radical (unpaired) electrons. The van der Waals surface area contributed by atoms with Gasteiger partial charge in [-0.3, -0.25) is 4.98 Å². The maximum absolute atomic E-state index is 12.3. The van der Waals surface area contributed by atoms with Crippen LogP contribution in [0.5, 0.6) is 5.75 Å². The minimum atomic E-state index is -4.73. The standard InChI is InChI=1S/C22H16F3N5O/c23-22(24,25)31-16-7-5-15(6-8-16)30-21-12-19(28-13-29-21)14-9-10-27-20(11-14)17-3-1-2-4-18(17)26/h1-13H,26H2,(H,28,29,30). The molecule has 0 saturated carbocycles. The van der Waals surface area contributed by atoms with Crippen LogP contribution in [0.4, 0.5) is 30.4 Å². The molecule has 2 aromatic carbocycles. The largest absolute Gasteiger partial charge is 0.573 e. The molecular weight excluding hydrogens is 407 g/mol. The summed E-state index contributed by atoms with van der Waals surface area (Å²) in [6.45, 7) is 0. The van der Waals surface area contributed by atoms with Crippen molar-refractivity contribution in [3.05, 3.63) is 79.3 Å². The van der Waals surface area contributed by atoms with E-state index in [9.17, 15) is 13.2 Å². The summed E-state index contributed by atoms with van der Waals surface area (Å²) in [5.41, 5.74) is 10.2. The van der Waals surface area contributed by atoms with Gasteiger partial charge in [-0.1, -0.05) is 18.2 Å². The molecule has 0 spiro atoms. The van der Waals surface area contributed by atoms with Crippen LogP contribution in [0.25, 0.3) is 22.5 Å². The number of hydrogen-bond acceptors (Lipinski definition) is 6. The molecule has 9 heteroatoms. The maximum Gasteiger partial charge on any atom is 0.573 e. The van der Waals surface area contributed by atoms with Crippen molar-refractivity contribution < 1.29 is 17.9 Å². The number of alkyl halides is 3. The van der Waals surface area contributed by atoms with Gasteiger partial charge in [0.2, 0.25) is 0 Å². The van der Waals surface area contributed by atoms with Crippen LogP contribution in [0.1, 0.15) is 0 Å². The first-order valence-corrected chi connectivity index (χ1v) is 9.13. The molecule has 0 aliphatic rings. The number of rotatable bonds is 5. The molecule has 31 heavy (non-hydrogen) atoms. The van der Waals surface area contributed by atoms with E-state index in [1.54, 1.807) is 18.3 Å². The number of aromatic nitrogens is 3. The quantitative estimate of drug-likeness (QED) is 0.416. The predicted molar refractivity (Wildman–Crippen MR) is 112 cm³/mol. The third-order valence-corrected chi connectivity index (χ3v) is 4.32. The molecule has 0 unspecified atom stereocenters. The molecular formula is C22H16F3N5O. The van der Waals surface area contributed by atoms with Crippen LogP contribution in [0, 0.1) is 0 Å². The van der Waals surface area contributed by atoms with Crippen molar-refractivity contribution in [3.8, 4) is 28.3 Å². The topological polar surface area (TPSA) is 86.0 Å². The van der Waals surface area contributed by atoms with Crippen LogP contribution in [0.2, 0.25) is 0 Å². The number of pyridine rings is 1. The summed E-state index contributed by atoms with van der Waals surface area (Å²) < 4.78 is 40.7. The molecule has 0 fully saturated rings. The van der Waals surface area contributed by atoms with Crippen molar-refractivity contribution in [2.45, 2.75) is 6.36 Å². The van der Waals surface area contributed by atoms with Gasteiger partial charge in [0.1, 0.15) is 17.9 Å². The average Bonchev–Trinajstić information content (AvgIpc) is 2.75. The van der Waals surface area contributed by atoms with E-state index < -0.39 is 6.36 Å². The van der Waals surface area contributed by atoms with E-state index in [4.69, 9.17) is 5.73 Å². The summed E-state index contributed by atoms with van der Waals surface area (Å²) in [5, 5.41) is 3.04. The van der Waals surface area contributed by atoms with Crippen molar-refractivity contribution >= 4 is 17.2 Å². The lowest BCUT2D eigenvalue weighted by Crippen LogP contribution is -2.16. The molecule has 0 aliphatic carbocycles. The average molecular weight is 423 g/mol. The van der Waals surface area contributed by atoms with Crippen LogP contribution < -0.4 is 15.8 Å². The molecule has 0 aliphatic heterocycles. The number of nitrogens with two attached hydrogens (primary N) is 1. The van der Waals surface area contributed by atoms with Gasteiger partial charge in [-0.15, -0.1) is 13.2 Å². The highest BCUT2D eigenvalue weighted by Gasteiger charge is 2.30. The smallest absolute Gasteiger partial charge is 0.406 e. The number of nitrogens with one attached hydrogen (secondary N) is 1. The van der Waals surface area contributed by atoms with E-state index in [1.807, 2.05) is 30.3 Å². The normalized spacial score (nSPS) is 11.2. The molecule has 0 atom stereocenters. The van der Waals surface area contributed by atoms with E-state index in [0.717, 1.165) is 11.1 Å². The zero-order valence-electron chi connectivity index (χ0n) is 16.0. The molecule has 4 aromatic rings. The Morgan fingerprint density at radius 1 is 0.839 bits per heavy atom. The fraction of sp³-hybridized carbons (Fsp3) is 0.0455. The van der Waals surface area contributed by atoms with Gasteiger partial charge < -0.3 is 15.8 Å². The summed E-state index contributed by atoms with van der Waals surface area (Å²) in [4.78, 5) is 12.9. The lowest BCUT2D eigenvalue weighted by atomic mass is 10.1. The van der Waals surface area contributed by atoms with Gasteiger partial charge in [-0.25, -0.2) is 9.97 Å². The van der Waals surface area contributed by atoms with E-state index in [2.05, 4.69) is 25.0 Å². The summed E-state index contributed by atoms with van der Waals surface area (Å²) >= 11 is 0. The minimum absolute atomic E-state index is 0.300. The summed E-state index contributed by atoms with van der Waals surface area (Å²) in [6, 6.07) is 18.2. The predicted octanol–water partition coefficient (Wildman–Crippen LogP) is 5.43. The van der Waals surface area contributed by atoms with Gasteiger partial charge in [0, 0.05) is 34.8 Å². The molecule has 2 heterocycles. The number of ether oxygens (including phenoxy) is 1. The fourth-order valence-electron chi connectivity index (χ4n) is 2.94. The molecule has 2 aromatic heterocycles. The third-order valence-electron chi connectivity index (χ3n) is 4.32. The number of benzene rings is 2. The zero-order chi connectivity index (χ0) is 21.8. The van der Waals surface area contributed by atoms with E-state index >= 15 is 0 Å². The Morgan fingerprint density at radius 2 is 1.61 bits per heavy atom. The molecule has 4 rings (SSSR count). The Balaban J connectivity index is 1.55. The summed E-state index contributed by atoms with van der Waals surface area (Å²) in [6.07, 6.45) is -1.66. The number of nitrogens with zero attached hydrogens (tertiary/aromatic N) is 3. The van der Waals surface area contributed by atoms with E-state index in [0.29, 0.717) is 28.6 Å². The van der Waals surface area contributed by atoms with Crippen molar-refractivity contribution in [2.24, 2.45) is 0 Å². The third kappa shape index (κ3) is 5.08. The summed E-state index contributed by atoms with van der Waals surface area (Å²) in [7, 11) is 0. The van der Waals surface area contributed by atoms with Crippen molar-refractivity contribution in [2.75, 3.05) is 11.1 Å². The number of anilines is 3. The molecule has 156 valence electrons. The highest BCUT2D eigenvalue weighted by atomic mass is 19.4. The van der Waals surface area contributed by atoms with Crippen molar-refractivity contribution in [1.29, 1.82) is 0 Å². The van der Waals surface area contributed by atoms with Crippen molar-refractivity contribution in [3.63, 3.8) is 0 Å². The van der Waals surface area contributed by atoms with Crippen LogP contribution >= 0.6 is 0 Å². The molecule has 0 saturated heterocycles. The Morgan fingerprint density at radius 3 is 2.35 bits per heavy atom. The first kappa shape index (κ1) is 20.1. The van der Waals surface area contributed by atoms with Crippen LogP contribution in [0.3, 0.4) is 0 Å². The number of halogens is 3. The number of hydrogen-bond donors (Lipinski definition) is 2. The van der Waals surface area contributed by atoms with Crippen molar-refractivity contribution in [1.82, 2.24) is 15.0 Å². The fourth-order valence-corrected chi connectivity index (χ4v) is 2.94. The molecule has 3 N–H and O–H groups in total. The monoisotopic (exact) mass is 423 g/mol. The van der Waals surface area contributed by atoms with Gasteiger partial charge in [-0.2, -0.15) is 0 Å². The lowest BCUT2D eigenvalue weighted by Gasteiger charge is -2.11. The first-order chi connectivity index (χ1) is 14.9. The molecule has 6 nitrogen and oxygen atoms in total. The Labute approximate surface area is 175 Å². The van der Waals surface area contributed by atoms with Gasteiger partial charge in [0.05, 0.1) is 11.4 Å². The van der Waals surface area contributed by atoms with Crippen LogP contribution in [-0.4, -0.2) is 21.3 Å². The Hall–Kier alpha value is -4.14. The van der Waals surface area contributed by atoms with Gasteiger partial charge in [0.25, 0.3) is 0 Å². The Bertz CT molecular complexity index is 1200. The first-order valence-electron chi connectivity index (χ1n) is 9.13. The SMILES string of the molecule is Nc1ccccc1-c1cc(-c2cc(Nc3ccc(OC(F)(F)F)cc3)ncn2)ccn1. The van der Waals surface area contributed by atoms with E-state index in [1.165, 1.54) is 30.6 Å². The number of nitrogen functional groups attached to an aromatic ring is 1. The minimum Gasteiger partial charge on any atom is -0.406 e. The van der Waals surface area contributed by atoms with Gasteiger partial charge in [-0.05, 0) is 42.5 Å². The second-order valence-corrected chi connectivity index (χ2v) is 6.50. The van der Waals surface area contributed by atoms with Crippen LogP contribution in [-0.2, 0) is 0 Å². The molecule has 0 bridgehead atoms. The highest BCUT2D eigenvalue weighted by Crippen LogP contribution is 2.29. The highest BCUT2D eigenvalue weighted by molar-refractivity contribution is 5.77. The van der Waals surface area contributed by atoms with Crippen LogP contribution in [0.15, 0.2) is 79.3 Å². The van der Waals surface area contributed by atoms with Gasteiger partial charge >= 0.3 is 6.36 Å². The Kier molecular flexibility index (Phi) is 5.40. The zero-order valence-corrected chi connectivity index (χ0v) is 16.0. The lowest BCUT2D eigenvalue weighted by molar-refractivity contribution is -0.274. The molecule has 0 amide bonds. The van der Waals surface area contributed by atoms with E-state index in [-0.39, 0.29) is 5.75 Å². The maximum atomic E-state index is 12.3.